The highest BCUT2D eigenvalue weighted by molar-refractivity contribution is 5.07. The first-order chi connectivity index (χ1) is 4.61. The van der Waals surface area contributed by atoms with Crippen LogP contribution in [-0.2, 0) is 0 Å². The zero-order valence-electron chi connectivity index (χ0n) is 5.65. The molecule has 0 amide bonds. The lowest BCUT2D eigenvalue weighted by Crippen LogP contribution is -2.23. The Morgan fingerprint density at radius 1 is 1.50 bits per heavy atom. The Morgan fingerprint density at radius 2 is 2.10 bits per heavy atom. The number of rotatable bonds is 0. The Balaban J connectivity index is 2.69. The van der Waals surface area contributed by atoms with Crippen molar-refractivity contribution in [3.63, 3.8) is 0 Å². The summed E-state index contributed by atoms with van der Waals surface area (Å²) in [6, 6.07) is 0. The average Bonchev–Trinajstić information content (AvgIpc) is 1.84. The van der Waals surface area contributed by atoms with E-state index in [9.17, 15) is 13.2 Å². The van der Waals surface area contributed by atoms with Crippen LogP contribution < -0.4 is 0 Å². The van der Waals surface area contributed by atoms with E-state index in [0.717, 1.165) is 6.08 Å². The maximum absolute atomic E-state index is 12.5. The summed E-state index contributed by atoms with van der Waals surface area (Å²) in [6.07, 6.45) is -2.58. The lowest BCUT2D eigenvalue weighted by Gasteiger charge is -2.20. The number of alkyl halides is 2. The topological polar surface area (TPSA) is 0 Å². The second-order valence-corrected chi connectivity index (χ2v) is 2.65. The molecule has 0 N–H and O–H groups in total. The summed E-state index contributed by atoms with van der Waals surface area (Å²) in [5, 5.41) is 0. The highest BCUT2D eigenvalue weighted by Crippen LogP contribution is 2.28. The summed E-state index contributed by atoms with van der Waals surface area (Å²) in [7, 11) is 0. The second kappa shape index (κ2) is 2.64. The average molecular weight is 150 g/mol. The highest BCUT2D eigenvalue weighted by Gasteiger charge is 2.28. The fraction of sp³-hybridized carbons (Fsp3) is 0.714. The van der Waals surface area contributed by atoms with E-state index in [2.05, 4.69) is 0 Å². The molecule has 0 aromatic rings. The lowest BCUT2D eigenvalue weighted by molar-refractivity contribution is 0.157. The van der Waals surface area contributed by atoms with Gasteiger partial charge < -0.3 is 0 Å². The van der Waals surface area contributed by atoms with Crippen LogP contribution in [0.3, 0.4) is 0 Å². The molecule has 0 heterocycles. The molecule has 1 rings (SSSR count). The molecule has 0 aromatic carbocycles. The van der Waals surface area contributed by atoms with Gasteiger partial charge in [-0.2, -0.15) is 0 Å². The van der Waals surface area contributed by atoms with Crippen molar-refractivity contribution in [1.29, 1.82) is 0 Å². The molecule has 0 fully saturated rings. The minimum atomic E-state index is -1.74. The molecular formula is C7H9F3. The zero-order chi connectivity index (χ0) is 7.72. The lowest BCUT2D eigenvalue weighted by atomic mass is 9.94. The van der Waals surface area contributed by atoms with E-state index in [4.69, 9.17) is 0 Å². The van der Waals surface area contributed by atoms with E-state index in [1.54, 1.807) is 6.92 Å². The fourth-order valence-electron chi connectivity index (χ4n) is 1.00. The van der Waals surface area contributed by atoms with Crippen molar-refractivity contribution in [3.05, 3.63) is 11.9 Å². The van der Waals surface area contributed by atoms with Crippen LogP contribution in [0.1, 0.15) is 13.3 Å². The predicted octanol–water partition coefficient (Wildman–Crippen LogP) is 2.56. The van der Waals surface area contributed by atoms with Gasteiger partial charge in [0.15, 0.2) is 6.17 Å². The Kier molecular flexibility index (Phi) is 2.02. The Hall–Kier alpha value is -0.470. The Labute approximate surface area is 57.7 Å². The summed E-state index contributed by atoms with van der Waals surface area (Å²) in [6.45, 7) is 1.55. The third-order valence-electron chi connectivity index (χ3n) is 1.71. The van der Waals surface area contributed by atoms with Crippen LogP contribution in [-0.4, -0.2) is 12.3 Å². The molecule has 0 bridgehead atoms. The van der Waals surface area contributed by atoms with Gasteiger partial charge in [-0.05, 0) is 12.5 Å². The first-order valence-corrected chi connectivity index (χ1v) is 3.26. The Morgan fingerprint density at radius 3 is 2.60 bits per heavy atom. The quantitative estimate of drug-likeness (QED) is 0.497. The van der Waals surface area contributed by atoms with Gasteiger partial charge in [0.05, 0.1) is 0 Å². The molecule has 0 aromatic heterocycles. The van der Waals surface area contributed by atoms with E-state index in [1.165, 1.54) is 0 Å². The third kappa shape index (κ3) is 1.33. The number of hydrogen-bond donors (Lipinski definition) is 0. The van der Waals surface area contributed by atoms with E-state index in [0.29, 0.717) is 0 Å². The van der Waals surface area contributed by atoms with Gasteiger partial charge in [0.25, 0.3) is 0 Å². The van der Waals surface area contributed by atoms with Crippen LogP contribution in [0.4, 0.5) is 13.2 Å². The molecule has 3 unspecified atom stereocenters. The molecule has 0 aliphatic heterocycles. The molecule has 0 saturated heterocycles. The zero-order valence-corrected chi connectivity index (χ0v) is 5.65. The van der Waals surface area contributed by atoms with Crippen molar-refractivity contribution in [2.24, 2.45) is 5.92 Å². The molecule has 3 heteroatoms. The van der Waals surface area contributed by atoms with E-state index in [1.807, 2.05) is 0 Å². The molecule has 3 atom stereocenters. The standard InChI is InChI=1S/C7H9F3/c1-4-2-6(9)7(10)3-5(4)8/h3-4,6-7H,2H2,1H3. The molecule has 1 aliphatic rings. The van der Waals surface area contributed by atoms with Gasteiger partial charge in [-0.15, -0.1) is 0 Å². The van der Waals surface area contributed by atoms with E-state index in [-0.39, 0.29) is 6.42 Å². The van der Waals surface area contributed by atoms with E-state index >= 15 is 0 Å². The molecule has 0 saturated carbocycles. The van der Waals surface area contributed by atoms with Gasteiger partial charge in [-0.3, -0.25) is 0 Å². The smallest absolute Gasteiger partial charge is 0.152 e. The summed E-state index contributed by atoms with van der Waals surface area (Å²) in [4.78, 5) is 0. The van der Waals surface area contributed by atoms with Crippen molar-refractivity contribution in [1.82, 2.24) is 0 Å². The number of hydrogen-bond acceptors (Lipinski definition) is 0. The van der Waals surface area contributed by atoms with Crippen LogP contribution in [0.2, 0.25) is 0 Å². The van der Waals surface area contributed by atoms with Crippen molar-refractivity contribution < 1.29 is 13.2 Å². The number of allylic oxidation sites excluding steroid dienone is 2. The second-order valence-electron chi connectivity index (χ2n) is 2.65. The van der Waals surface area contributed by atoms with Gasteiger partial charge in [-0.25, -0.2) is 13.2 Å². The molecule has 10 heavy (non-hydrogen) atoms. The fourth-order valence-corrected chi connectivity index (χ4v) is 1.00. The van der Waals surface area contributed by atoms with Crippen molar-refractivity contribution in [3.8, 4) is 0 Å². The van der Waals surface area contributed by atoms with Crippen LogP contribution in [0, 0.1) is 5.92 Å². The van der Waals surface area contributed by atoms with Gasteiger partial charge in [-0.1, -0.05) is 6.92 Å². The van der Waals surface area contributed by atoms with Crippen LogP contribution >= 0.6 is 0 Å². The molecule has 1 aliphatic carbocycles. The normalized spacial score (nSPS) is 41.2. The third-order valence-corrected chi connectivity index (χ3v) is 1.71. The van der Waals surface area contributed by atoms with Gasteiger partial charge >= 0.3 is 0 Å². The molecule has 0 nitrogen and oxygen atoms in total. The SMILES string of the molecule is CC1CC(F)C(F)C=C1F. The maximum Gasteiger partial charge on any atom is 0.152 e. The summed E-state index contributed by atoms with van der Waals surface area (Å²) >= 11 is 0. The summed E-state index contributed by atoms with van der Waals surface area (Å²) in [5.74, 6) is -0.983. The van der Waals surface area contributed by atoms with Gasteiger partial charge in [0.1, 0.15) is 12.0 Å². The first kappa shape index (κ1) is 7.63. The van der Waals surface area contributed by atoms with Crippen LogP contribution in [0.5, 0.6) is 0 Å². The van der Waals surface area contributed by atoms with Crippen LogP contribution in [0.25, 0.3) is 0 Å². The van der Waals surface area contributed by atoms with E-state index < -0.39 is 24.1 Å². The maximum atomic E-state index is 12.5. The predicted molar refractivity (Wildman–Crippen MR) is 32.8 cm³/mol. The summed E-state index contributed by atoms with van der Waals surface area (Å²) in [5.41, 5.74) is 0. The first-order valence-electron chi connectivity index (χ1n) is 3.26. The van der Waals surface area contributed by atoms with Crippen molar-refractivity contribution in [2.75, 3.05) is 0 Å². The van der Waals surface area contributed by atoms with Crippen molar-refractivity contribution in [2.45, 2.75) is 25.7 Å². The van der Waals surface area contributed by atoms with Gasteiger partial charge in [0, 0.05) is 5.92 Å². The highest BCUT2D eigenvalue weighted by atomic mass is 19.2. The summed E-state index contributed by atoms with van der Waals surface area (Å²) < 4.78 is 37.2. The monoisotopic (exact) mass is 150 g/mol. The molecule has 58 valence electrons. The van der Waals surface area contributed by atoms with Crippen LogP contribution in [0.15, 0.2) is 11.9 Å². The molecule has 0 radical (unpaired) electrons. The van der Waals surface area contributed by atoms with Crippen molar-refractivity contribution >= 4 is 0 Å². The minimum Gasteiger partial charge on any atom is -0.244 e. The number of halogens is 3. The largest absolute Gasteiger partial charge is 0.244 e. The minimum absolute atomic E-state index is 0.0382. The molecule has 0 spiro atoms. The van der Waals surface area contributed by atoms with Gasteiger partial charge in [0.2, 0.25) is 0 Å². The molecular weight excluding hydrogens is 141 g/mol. The Bertz CT molecular complexity index is 153.